The number of hydrogen-bond donors (Lipinski definition) is 2. The van der Waals surface area contributed by atoms with Gasteiger partial charge in [-0.1, -0.05) is 6.92 Å². The van der Waals surface area contributed by atoms with E-state index in [0.29, 0.717) is 0 Å². The summed E-state index contributed by atoms with van der Waals surface area (Å²) in [6.45, 7) is 3.75. The average Bonchev–Trinajstić information content (AvgIpc) is 2.22. The molecule has 0 aliphatic carbocycles. The van der Waals surface area contributed by atoms with Crippen molar-refractivity contribution in [3.05, 3.63) is 33.1 Å². The molecule has 0 spiro atoms. The Labute approximate surface area is 92.3 Å². The molecule has 0 saturated carbocycles. The third-order valence-electron chi connectivity index (χ3n) is 2.23. The van der Waals surface area contributed by atoms with Crippen LogP contribution in [-0.4, -0.2) is 21.5 Å². The molecule has 0 saturated heterocycles. The summed E-state index contributed by atoms with van der Waals surface area (Å²) in [7, 11) is 0. The van der Waals surface area contributed by atoms with E-state index in [0.717, 1.165) is 11.0 Å². The predicted octanol–water partition coefficient (Wildman–Crippen LogP) is -0.549. The molecular formula is C10H15N3O3. The van der Waals surface area contributed by atoms with E-state index in [1.807, 2.05) is 13.8 Å². The number of H-pyrrole nitrogens is 1. The average molecular weight is 225 g/mol. The molecule has 6 heteroatoms. The number of amides is 1. The fourth-order valence-electron chi connectivity index (χ4n) is 1.15. The molecule has 2 N–H and O–H groups in total. The number of carbonyl (C=O) groups excluding carboxylic acids is 1. The van der Waals surface area contributed by atoms with E-state index in [1.165, 1.54) is 12.3 Å². The number of aromatic nitrogens is 2. The van der Waals surface area contributed by atoms with Crippen LogP contribution in [0, 0.1) is 0 Å². The van der Waals surface area contributed by atoms with Crippen molar-refractivity contribution in [2.45, 2.75) is 32.9 Å². The van der Waals surface area contributed by atoms with Crippen molar-refractivity contribution in [3.8, 4) is 0 Å². The highest BCUT2D eigenvalue weighted by Crippen LogP contribution is 1.88. The first-order valence-corrected chi connectivity index (χ1v) is 5.12. The lowest BCUT2D eigenvalue weighted by Crippen LogP contribution is -2.38. The minimum absolute atomic E-state index is 0.0750. The summed E-state index contributed by atoms with van der Waals surface area (Å²) in [5.41, 5.74) is -1.05. The highest BCUT2D eigenvalue weighted by Gasteiger charge is 2.07. The van der Waals surface area contributed by atoms with Gasteiger partial charge in [0.1, 0.15) is 6.54 Å². The van der Waals surface area contributed by atoms with Gasteiger partial charge >= 0.3 is 5.69 Å². The number of rotatable bonds is 4. The second kappa shape index (κ2) is 5.29. The van der Waals surface area contributed by atoms with Gasteiger partial charge in [-0.15, -0.1) is 0 Å². The molecule has 1 atom stereocenters. The van der Waals surface area contributed by atoms with Gasteiger partial charge in [0, 0.05) is 18.3 Å². The molecule has 16 heavy (non-hydrogen) atoms. The van der Waals surface area contributed by atoms with E-state index in [-0.39, 0.29) is 18.5 Å². The first-order valence-electron chi connectivity index (χ1n) is 5.12. The molecule has 6 nitrogen and oxygen atoms in total. The van der Waals surface area contributed by atoms with E-state index in [1.54, 1.807) is 0 Å². The first kappa shape index (κ1) is 12.2. The largest absolute Gasteiger partial charge is 0.352 e. The summed E-state index contributed by atoms with van der Waals surface area (Å²) in [6, 6.07) is 1.28. The van der Waals surface area contributed by atoms with Gasteiger partial charge in [0.15, 0.2) is 0 Å². The molecule has 0 aromatic carbocycles. The Kier molecular flexibility index (Phi) is 4.04. The van der Waals surface area contributed by atoms with E-state index >= 15 is 0 Å². The summed E-state index contributed by atoms with van der Waals surface area (Å²) in [6.07, 6.45) is 2.13. The molecule has 1 aromatic rings. The maximum atomic E-state index is 11.5. The highest BCUT2D eigenvalue weighted by molar-refractivity contribution is 5.75. The molecule has 1 heterocycles. The maximum Gasteiger partial charge on any atom is 0.328 e. The van der Waals surface area contributed by atoms with Crippen LogP contribution in [0.1, 0.15) is 20.3 Å². The molecule has 0 bridgehead atoms. The van der Waals surface area contributed by atoms with Crippen molar-refractivity contribution >= 4 is 5.91 Å². The second-order valence-corrected chi connectivity index (χ2v) is 3.61. The number of nitrogens with one attached hydrogen (secondary N) is 2. The SMILES string of the molecule is CC[C@H](C)NC(=O)Cn1ccc(=O)[nH]c1=O. The molecule has 88 valence electrons. The summed E-state index contributed by atoms with van der Waals surface area (Å²) >= 11 is 0. The van der Waals surface area contributed by atoms with Crippen LogP contribution in [0.5, 0.6) is 0 Å². The molecule has 0 radical (unpaired) electrons. The molecule has 0 aliphatic heterocycles. The Bertz CT molecular complexity index is 475. The van der Waals surface area contributed by atoms with Crippen LogP contribution in [0.25, 0.3) is 0 Å². The van der Waals surface area contributed by atoms with Gasteiger partial charge in [0.05, 0.1) is 0 Å². The normalized spacial score (nSPS) is 12.1. The summed E-state index contributed by atoms with van der Waals surface area (Å²) in [4.78, 5) is 35.6. The quantitative estimate of drug-likeness (QED) is 0.721. The van der Waals surface area contributed by atoms with Crippen molar-refractivity contribution in [1.82, 2.24) is 14.9 Å². The van der Waals surface area contributed by atoms with Crippen molar-refractivity contribution in [3.63, 3.8) is 0 Å². The van der Waals surface area contributed by atoms with Crippen molar-refractivity contribution in [1.29, 1.82) is 0 Å². The fraction of sp³-hybridized carbons (Fsp3) is 0.500. The summed E-state index contributed by atoms with van der Waals surface area (Å²) < 4.78 is 1.15. The van der Waals surface area contributed by atoms with E-state index in [2.05, 4.69) is 10.3 Å². The van der Waals surface area contributed by atoms with Crippen LogP contribution >= 0.6 is 0 Å². The molecular weight excluding hydrogens is 210 g/mol. The molecule has 1 amide bonds. The summed E-state index contributed by atoms with van der Waals surface area (Å²) in [5, 5.41) is 2.73. The number of nitrogens with zero attached hydrogens (tertiary/aromatic N) is 1. The molecule has 1 aromatic heterocycles. The standard InChI is InChI=1S/C10H15N3O3/c1-3-7(2)11-9(15)6-13-5-4-8(14)12-10(13)16/h4-5,7H,3,6H2,1-2H3,(H,11,15)(H,12,14,16)/t7-/m0/s1. The molecule has 0 fully saturated rings. The van der Waals surface area contributed by atoms with Crippen LogP contribution < -0.4 is 16.6 Å². The molecule has 1 rings (SSSR count). The van der Waals surface area contributed by atoms with E-state index in [4.69, 9.17) is 0 Å². The number of aromatic amines is 1. The van der Waals surface area contributed by atoms with Crippen molar-refractivity contribution < 1.29 is 4.79 Å². The Morgan fingerprint density at radius 1 is 1.56 bits per heavy atom. The number of hydrogen-bond acceptors (Lipinski definition) is 3. The Hall–Kier alpha value is -1.85. The first-order chi connectivity index (χ1) is 7.52. The minimum atomic E-state index is -0.577. The Morgan fingerprint density at radius 3 is 2.81 bits per heavy atom. The van der Waals surface area contributed by atoms with Gasteiger partial charge in [-0.05, 0) is 13.3 Å². The van der Waals surface area contributed by atoms with E-state index in [9.17, 15) is 14.4 Å². The van der Waals surface area contributed by atoms with Gasteiger partial charge in [-0.25, -0.2) is 4.79 Å². The van der Waals surface area contributed by atoms with Gasteiger partial charge in [0.2, 0.25) is 5.91 Å². The smallest absolute Gasteiger partial charge is 0.328 e. The zero-order valence-corrected chi connectivity index (χ0v) is 9.32. The number of carbonyl (C=O) groups is 1. The van der Waals surface area contributed by atoms with Crippen molar-refractivity contribution in [2.24, 2.45) is 0 Å². The monoisotopic (exact) mass is 225 g/mol. The third kappa shape index (κ3) is 3.38. The maximum absolute atomic E-state index is 11.5. The van der Waals surface area contributed by atoms with Gasteiger partial charge < -0.3 is 5.32 Å². The predicted molar refractivity (Wildman–Crippen MR) is 59.2 cm³/mol. The topological polar surface area (TPSA) is 84.0 Å². The lowest BCUT2D eigenvalue weighted by molar-refractivity contribution is -0.122. The van der Waals surface area contributed by atoms with Crippen LogP contribution in [0.3, 0.4) is 0 Å². The van der Waals surface area contributed by atoms with Crippen molar-refractivity contribution in [2.75, 3.05) is 0 Å². The zero-order chi connectivity index (χ0) is 12.1. The third-order valence-corrected chi connectivity index (χ3v) is 2.23. The zero-order valence-electron chi connectivity index (χ0n) is 9.32. The van der Waals surface area contributed by atoms with Gasteiger partial charge in [-0.2, -0.15) is 0 Å². The second-order valence-electron chi connectivity index (χ2n) is 3.61. The van der Waals surface area contributed by atoms with Crippen LogP contribution in [0.2, 0.25) is 0 Å². The lowest BCUT2D eigenvalue weighted by atomic mass is 10.2. The van der Waals surface area contributed by atoms with E-state index < -0.39 is 11.2 Å². The molecule has 0 aliphatic rings. The Balaban J connectivity index is 2.70. The highest BCUT2D eigenvalue weighted by atomic mass is 16.2. The fourth-order valence-corrected chi connectivity index (χ4v) is 1.15. The van der Waals surface area contributed by atoms with Crippen LogP contribution in [-0.2, 0) is 11.3 Å². The van der Waals surface area contributed by atoms with Crippen LogP contribution in [0.15, 0.2) is 21.9 Å². The van der Waals surface area contributed by atoms with Crippen LogP contribution in [0.4, 0.5) is 0 Å². The summed E-state index contributed by atoms with van der Waals surface area (Å²) in [5.74, 6) is -0.247. The van der Waals surface area contributed by atoms with Gasteiger partial charge in [0.25, 0.3) is 5.56 Å². The lowest BCUT2D eigenvalue weighted by Gasteiger charge is -2.11. The molecule has 0 unspecified atom stereocenters. The minimum Gasteiger partial charge on any atom is -0.352 e. The van der Waals surface area contributed by atoms with Gasteiger partial charge in [-0.3, -0.25) is 19.1 Å². The Morgan fingerprint density at radius 2 is 2.25 bits per heavy atom.